The Morgan fingerprint density at radius 1 is 1.20 bits per heavy atom. The Labute approximate surface area is 182 Å². The minimum absolute atomic E-state index is 0.0461. The molecule has 2 amide bonds. The van der Waals surface area contributed by atoms with Crippen LogP contribution in [0.25, 0.3) is 0 Å². The average molecular weight is 430 g/mol. The van der Waals surface area contributed by atoms with E-state index in [-0.39, 0.29) is 17.7 Å². The van der Waals surface area contributed by atoms with Crippen LogP contribution in [0.1, 0.15) is 65.9 Å². The topological polar surface area (TPSA) is 75.4 Å². The number of fused-ring (bicyclic) bond motifs is 1. The Bertz CT molecular complexity index is 932. The van der Waals surface area contributed by atoms with E-state index in [0.717, 1.165) is 17.7 Å². The Balaban J connectivity index is 1.34. The van der Waals surface area contributed by atoms with E-state index in [9.17, 15) is 9.59 Å². The van der Waals surface area contributed by atoms with Crippen LogP contribution in [0.3, 0.4) is 0 Å². The van der Waals surface area contributed by atoms with Crippen LogP contribution in [0.5, 0.6) is 0 Å². The van der Waals surface area contributed by atoms with Crippen LogP contribution < -0.4 is 5.32 Å². The third-order valence-electron chi connectivity index (χ3n) is 6.55. The average Bonchev–Trinajstić information content (AvgIpc) is 3.32. The van der Waals surface area contributed by atoms with Gasteiger partial charge >= 0.3 is 0 Å². The number of carbonyl (C=O) groups is 2. The number of rotatable bonds is 3. The molecule has 30 heavy (non-hydrogen) atoms. The van der Waals surface area contributed by atoms with Crippen LogP contribution in [-0.2, 0) is 17.6 Å². The second kappa shape index (κ2) is 8.17. The molecule has 1 aliphatic carbocycles. The molecule has 0 unspecified atom stereocenters. The molecule has 7 heteroatoms. The van der Waals surface area contributed by atoms with Crippen LogP contribution in [0, 0.1) is 24.2 Å². The quantitative estimate of drug-likeness (QED) is 0.768. The molecule has 0 spiro atoms. The number of amides is 2. The zero-order valence-corrected chi connectivity index (χ0v) is 19.1. The molecule has 1 N–H and O–H groups in total. The highest BCUT2D eigenvalue weighted by Crippen LogP contribution is 2.40. The number of nitrogens with zero attached hydrogens (tertiary/aromatic N) is 2. The number of hydrogen-bond acceptors (Lipinski definition) is 5. The lowest BCUT2D eigenvalue weighted by molar-refractivity contribution is -0.121. The molecule has 2 aromatic heterocycles. The summed E-state index contributed by atoms with van der Waals surface area (Å²) < 4.78 is 4.99. The van der Waals surface area contributed by atoms with Crippen molar-refractivity contribution < 1.29 is 14.1 Å². The highest BCUT2D eigenvalue weighted by atomic mass is 32.1. The van der Waals surface area contributed by atoms with E-state index < -0.39 is 0 Å². The maximum Gasteiger partial charge on any atom is 0.263 e. The van der Waals surface area contributed by atoms with Gasteiger partial charge < -0.3 is 14.7 Å². The van der Waals surface area contributed by atoms with Gasteiger partial charge in [-0.1, -0.05) is 25.9 Å². The molecule has 1 aliphatic heterocycles. The monoisotopic (exact) mass is 429 g/mol. The van der Waals surface area contributed by atoms with Gasteiger partial charge in [0.1, 0.15) is 5.76 Å². The molecule has 4 rings (SSSR count). The number of likely N-dealkylation sites (tertiary alicyclic amines) is 1. The number of nitrogens with one attached hydrogen (secondary N) is 1. The van der Waals surface area contributed by atoms with Gasteiger partial charge in [0.2, 0.25) is 5.91 Å². The number of piperidine rings is 1. The van der Waals surface area contributed by atoms with E-state index >= 15 is 0 Å². The molecule has 2 aliphatic rings. The van der Waals surface area contributed by atoms with Crippen LogP contribution >= 0.6 is 11.3 Å². The molecule has 1 saturated heterocycles. The lowest BCUT2D eigenvalue weighted by atomic mass is 9.72. The van der Waals surface area contributed by atoms with Crippen molar-refractivity contribution in [3.63, 3.8) is 0 Å². The van der Waals surface area contributed by atoms with Crippen LogP contribution in [0.15, 0.2) is 16.7 Å². The molecular formula is C23H31N3O3S. The molecule has 3 heterocycles. The second-order valence-corrected chi connectivity index (χ2v) is 10.9. The Hall–Kier alpha value is -2.15. The summed E-state index contributed by atoms with van der Waals surface area (Å²) in [5, 5.41) is 6.63. The predicted molar refractivity (Wildman–Crippen MR) is 118 cm³/mol. The van der Waals surface area contributed by atoms with E-state index in [1.54, 1.807) is 24.3 Å². The molecule has 1 fully saturated rings. The first kappa shape index (κ1) is 21.1. The maximum absolute atomic E-state index is 13.1. The largest absolute Gasteiger partial charge is 0.360 e. The van der Waals surface area contributed by atoms with E-state index in [1.165, 1.54) is 16.9 Å². The van der Waals surface area contributed by atoms with Gasteiger partial charge in [0, 0.05) is 30.0 Å². The van der Waals surface area contributed by atoms with Gasteiger partial charge in [0.15, 0.2) is 5.82 Å². The van der Waals surface area contributed by atoms with E-state index in [1.807, 2.05) is 4.90 Å². The zero-order valence-electron chi connectivity index (χ0n) is 18.3. The lowest BCUT2D eigenvalue weighted by Crippen LogP contribution is -2.41. The highest BCUT2D eigenvalue weighted by molar-refractivity contribution is 7.14. The standard InChI is InChI=1S/C23H31N3O3S/c1-14-11-20(25-29-14)24-21(27)15-7-9-26(10-8-15)22(28)19-13-16-12-17(23(2,3)4)5-6-18(16)30-19/h11,13,15,17H,5-10,12H2,1-4H3,(H,24,25,27)/t17-/m0/s1. The van der Waals surface area contributed by atoms with Gasteiger partial charge in [0.25, 0.3) is 5.91 Å². The fourth-order valence-corrected chi connectivity index (χ4v) is 5.70. The zero-order chi connectivity index (χ0) is 21.5. The van der Waals surface area contributed by atoms with Gasteiger partial charge in [-0.2, -0.15) is 0 Å². The molecule has 0 radical (unpaired) electrons. The smallest absolute Gasteiger partial charge is 0.263 e. The maximum atomic E-state index is 13.1. The number of hydrogen-bond donors (Lipinski definition) is 1. The third-order valence-corrected chi connectivity index (χ3v) is 7.78. The summed E-state index contributed by atoms with van der Waals surface area (Å²) in [6.07, 6.45) is 4.71. The first-order valence-corrected chi connectivity index (χ1v) is 11.7. The molecule has 1 atom stereocenters. The fourth-order valence-electron chi connectivity index (χ4n) is 4.52. The number of thiophene rings is 1. The Morgan fingerprint density at radius 3 is 2.57 bits per heavy atom. The van der Waals surface area contributed by atoms with Gasteiger partial charge in [-0.25, -0.2) is 0 Å². The molecule has 6 nitrogen and oxygen atoms in total. The summed E-state index contributed by atoms with van der Waals surface area (Å²) in [5.74, 6) is 1.76. The van der Waals surface area contributed by atoms with Crippen molar-refractivity contribution in [1.82, 2.24) is 10.1 Å². The van der Waals surface area contributed by atoms with Crippen LogP contribution in [-0.4, -0.2) is 35.0 Å². The summed E-state index contributed by atoms with van der Waals surface area (Å²) in [6, 6.07) is 3.84. The van der Waals surface area contributed by atoms with Crippen molar-refractivity contribution in [3.05, 3.63) is 33.2 Å². The van der Waals surface area contributed by atoms with Crippen molar-refractivity contribution in [2.24, 2.45) is 17.3 Å². The highest BCUT2D eigenvalue weighted by Gasteiger charge is 2.32. The third kappa shape index (κ3) is 4.46. The van der Waals surface area contributed by atoms with E-state index in [4.69, 9.17) is 4.52 Å². The number of anilines is 1. The SMILES string of the molecule is Cc1cc(NC(=O)C2CCN(C(=O)c3cc4c(s3)CC[C@H](C(C)(C)C)C4)CC2)no1. The van der Waals surface area contributed by atoms with Crippen molar-refractivity contribution in [3.8, 4) is 0 Å². The van der Waals surface area contributed by atoms with Crippen LogP contribution in [0.4, 0.5) is 5.82 Å². The first-order chi connectivity index (χ1) is 14.2. The lowest BCUT2D eigenvalue weighted by Gasteiger charge is -2.33. The summed E-state index contributed by atoms with van der Waals surface area (Å²) in [6.45, 7) is 9.95. The van der Waals surface area contributed by atoms with E-state index in [0.29, 0.717) is 48.8 Å². The van der Waals surface area contributed by atoms with Crippen molar-refractivity contribution in [1.29, 1.82) is 0 Å². The first-order valence-electron chi connectivity index (χ1n) is 10.9. The summed E-state index contributed by atoms with van der Waals surface area (Å²) in [7, 11) is 0. The van der Waals surface area contributed by atoms with Crippen molar-refractivity contribution >= 4 is 29.0 Å². The van der Waals surface area contributed by atoms with Crippen LogP contribution in [0.2, 0.25) is 0 Å². The van der Waals surface area contributed by atoms with E-state index in [2.05, 4.69) is 37.3 Å². The molecule has 162 valence electrons. The molecule has 0 saturated carbocycles. The van der Waals surface area contributed by atoms with Gasteiger partial charge in [0.05, 0.1) is 4.88 Å². The van der Waals surface area contributed by atoms with Crippen molar-refractivity contribution in [2.75, 3.05) is 18.4 Å². The van der Waals surface area contributed by atoms with Crippen molar-refractivity contribution in [2.45, 2.75) is 59.8 Å². The number of aryl methyl sites for hydroxylation is 2. The fraction of sp³-hybridized carbons (Fsp3) is 0.609. The summed E-state index contributed by atoms with van der Waals surface area (Å²) in [5.41, 5.74) is 1.67. The minimum atomic E-state index is -0.102. The van der Waals surface area contributed by atoms with Gasteiger partial charge in [-0.05, 0) is 62.0 Å². The summed E-state index contributed by atoms with van der Waals surface area (Å²) >= 11 is 1.67. The molecule has 2 aromatic rings. The van der Waals surface area contributed by atoms with Gasteiger partial charge in [-0.15, -0.1) is 11.3 Å². The number of aromatic nitrogens is 1. The molecular weight excluding hydrogens is 398 g/mol. The van der Waals surface area contributed by atoms with Gasteiger partial charge in [-0.3, -0.25) is 9.59 Å². The Morgan fingerprint density at radius 2 is 1.93 bits per heavy atom. The molecule has 0 aromatic carbocycles. The Kier molecular flexibility index (Phi) is 5.75. The molecule has 0 bridgehead atoms. The summed E-state index contributed by atoms with van der Waals surface area (Å²) in [4.78, 5) is 29.7. The second-order valence-electron chi connectivity index (χ2n) is 9.74. The normalized spacial score (nSPS) is 20.1. The minimum Gasteiger partial charge on any atom is -0.360 e. The number of carbonyl (C=O) groups excluding carboxylic acids is 2. The predicted octanol–water partition coefficient (Wildman–Crippen LogP) is 4.69.